The molecule has 0 saturated carbocycles. The lowest BCUT2D eigenvalue weighted by Crippen LogP contribution is -2.33. The predicted octanol–water partition coefficient (Wildman–Crippen LogP) is 3.94. The quantitative estimate of drug-likeness (QED) is 0.728. The van der Waals surface area contributed by atoms with E-state index in [1.54, 1.807) is 0 Å². The number of benzene rings is 2. The summed E-state index contributed by atoms with van der Waals surface area (Å²) in [6, 6.07) is 18.8. The number of rotatable bonds is 3. The third-order valence-electron chi connectivity index (χ3n) is 4.18. The molecule has 3 heteroatoms. The monoisotopic (exact) mass is 289 g/mol. The first-order valence-electron chi connectivity index (χ1n) is 7.88. The van der Waals surface area contributed by atoms with Crippen LogP contribution in [0, 0.1) is 0 Å². The maximum Gasteiger partial charge on any atom is 0.0950 e. The van der Waals surface area contributed by atoms with E-state index in [0.29, 0.717) is 0 Å². The maximum atomic E-state index is 4.80. The van der Waals surface area contributed by atoms with Crippen LogP contribution < -0.4 is 5.01 Å². The Morgan fingerprint density at radius 3 is 2.36 bits per heavy atom. The number of nitrogens with zero attached hydrogens (tertiary/aromatic N) is 3. The Hall–Kier alpha value is -2.55. The molecule has 110 valence electrons. The summed E-state index contributed by atoms with van der Waals surface area (Å²) in [6.07, 6.45) is 6.84. The second-order valence-corrected chi connectivity index (χ2v) is 5.70. The van der Waals surface area contributed by atoms with Crippen LogP contribution in [-0.2, 0) is 0 Å². The van der Waals surface area contributed by atoms with Gasteiger partial charge in [0.1, 0.15) is 0 Å². The SMILES string of the molecule is C(=C\c1c2ccccc2nn1N1CCCC1)/c1ccccc1. The van der Waals surface area contributed by atoms with E-state index in [1.807, 2.05) is 12.1 Å². The lowest BCUT2D eigenvalue weighted by Gasteiger charge is -2.19. The van der Waals surface area contributed by atoms with E-state index in [2.05, 4.69) is 64.4 Å². The van der Waals surface area contributed by atoms with Gasteiger partial charge in [0, 0.05) is 18.5 Å². The largest absolute Gasteiger partial charge is 0.296 e. The molecule has 0 unspecified atom stereocenters. The summed E-state index contributed by atoms with van der Waals surface area (Å²) in [6.45, 7) is 2.17. The van der Waals surface area contributed by atoms with Crippen molar-refractivity contribution in [2.24, 2.45) is 0 Å². The first kappa shape index (κ1) is 13.1. The lowest BCUT2D eigenvalue weighted by atomic mass is 10.1. The standard InChI is InChI=1S/C19H19N3/c1-2-8-16(9-3-1)12-13-19-17-10-4-5-11-18(17)20-22(19)21-14-6-7-15-21/h1-5,8-13H,6-7,14-15H2/b13-12+. The highest BCUT2D eigenvalue weighted by atomic mass is 15.7. The summed E-state index contributed by atoms with van der Waals surface area (Å²) in [4.78, 5) is 2.09. The molecule has 22 heavy (non-hydrogen) atoms. The summed E-state index contributed by atoms with van der Waals surface area (Å²) in [5, 5.41) is 8.35. The third kappa shape index (κ3) is 2.39. The van der Waals surface area contributed by atoms with Gasteiger partial charge in [0.05, 0.1) is 11.2 Å². The Bertz CT molecular complexity index is 796. The van der Waals surface area contributed by atoms with Crippen LogP contribution in [0.3, 0.4) is 0 Å². The van der Waals surface area contributed by atoms with Crippen molar-refractivity contribution < 1.29 is 0 Å². The second-order valence-electron chi connectivity index (χ2n) is 5.70. The van der Waals surface area contributed by atoms with Gasteiger partial charge in [-0.15, -0.1) is 0 Å². The predicted molar refractivity (Wildman–Crippen MR) is 92.3 cm³/mol. The molecule has 0 N–H and O–H groups in total. The van der Waals surface area contributed by atoms with Gasteiger partial charge in [0.15, 0.2) is 0 Å². The molecule has 3 nitrogen and oxygen atoms in total. The molecule has 0 bridgehead atoms. The van der Waals surface area contributed by atoms with Gasteiger partial charge in [-0.2, -0.15) is 9.89 Å². The molecular weight excluding hydrogens is 270 g/mol. The third-order valence-corrected chi connectivity index (χ3v) is 4.18. The van der Waals surface area contributed by atoms with Gasteiger partial charge in [-0.25, -0.2) is 0 Å². The van der Waals surface area contributed by atoms with Crippen molar-refractivity contribution in [1.29, 1.82) is 0 Å². The van der Waals surface area contributed by atoms with Gasteiger partial charge in [0.25, 0.3) is 0 Å². The first-order valence-corrected chi connectivity index (χ1v) is 7.88. The molecule has 0 aliphatic carbocycles. The topological polar surface area (TPSA) is 21.1 Å². The van der Waals surface area contributed by atoms with Crippen LogP contribution in [0.4, 0.5) is 0 Å². The van der Waals surface area contributed by atoms with Crippen molar-refractivity contribution in [1.82, 2.24) is 9.89 Å². The van der Waals surface area contributed by atoms with Crippen LogP contribution in [0.15, 0.2) is 54.6 Å². The van der Waals surface area contributed by atoms with Crippen molar-refractivity contribution in [3.05, 3.63) is 65.9 Å². The van der Waals surface area contributed by atoms with Crippen LogP contribution in [-0.4, -0.2) is 23.0 Å². The minimum atomic E-state index is 1.06. The normalized spacial score (nSPS) is 15.2. The van der Waals surface area contributed by atoms with Crippen LogP contribution in [0.2, 0.25) is 0 Å². The molecule has 4 rings (SSSR count). The molecule has 1 aliphatic rings. The molecule has 2 heterocycles. The Kier molecular flexibility index (Phi) is 3.39. The summed E-state index contributed by atoms with van der Waals surface area (Å²) in [5.41, 5.74) is 3.43. The molecule has 1 aliphatic heterocycles. The lowest BCUT2D eigenvalue weighted by molar-refractivity contribution is 0.591. The van der Waals surface area contributed by atoms with Crippen molar-refractivity contribution in [3.8, 4) is 0 Å². The number of hydrogen-bond acceptors (Lipinski definition) is 2. The zero-order valence-electron chi connectivity index (χ0n) is 12.5. The van der Waals surface area contributed by atoms with E-state index >= 15 is 0 Å². The fraction of sp³-hybridized carbons (Fsp3) is 0.211. The Morgan fingerprint density at radius 1 is 0.818 bits per heavy atom. The van der Waals surface area contributed by atoms with E-state index in [9.17, 15) is 0 Å². The van der Waals surface area contributed by atoms with Gasteiger partial charge in [-0.1, -0.05) is 54.6 Å². The molecule has 1 saturated heterocycles. The average molecular weight is 289 g/mol. The molecule has 0 spiro atoms. The minimum Gasteiger partial charge on any atom is -0.296 e. The fourth-order valence-corrected chi connectivity index (χ4v) is 3.04. The van der Waals surface area contributed by atoms with E-state index < -0.39 is 0 Å². The Labute approximate surface area is 130 Å². The van der Waals surface area contributed by atoms with Crippen molar-refractivity contribution in [2.75, 3.05) is 18.1 Å². The van der Waals surface area contributed by atoms with Gasteiger partial charge in [-0.3, -0.25) is 5.01 Å². The first-order chi connectivity index (χ1) is 10.9. The molecule has 1 aromatic heterocycles. The zero-order chi connectivity index (χ0) is 14.8. The summed E-state index contributed by atoms with van der Waals surface area (Å²) >= 11 is 0. The number of fused-ring (bicyclic) bond motifs is 1. The van der Waals surface area contributed by atoms with E-state index in [4.69, 9.17) is 5.10 Å². The molecule has 2 aromatic carbocycles. The molecule has 3 aromatic rings. The Balaban J connectivity index is 1.80. The highest BCUT2D eigenvalue weighted by Gasteiger charge is 2.17. The van der Waals surface area contributed by atoms with Crippen LogP contribution >= 0.6 is 0 Å². The number of aromatic nitrogens is 2. The molecular formula is C19H19N3. The van der Waals surface area contributed by atoms with Crippen LogP contribution in [0.5, 0.6) is 0 Å². The van der Waals surface area contributed by atoms with Gasteiger partial charge >= 0.3 is 0 Å². The van der Waals surface area contributed by atoms with Gasteiger partial charge < -0.3 is 0 Å². The molecule has 0 amide bonds. The van der Waals surface area contributed by atoms with E-state index in [1.165, 1.54) is 29.5 Å². The summed E-state index contributed by atoms with van der Waals surface area (Å²) < 4.78 is 0. The zero-order valence-corrected chi connectivity index (χ0v) is 12.5. The molecule has 0 atom stereocenters. The molecule has 0 radical (unpaired) electrons. The van der Waals surface area contributed by atoms with E-state index in [0.717, 1.165) is 18.6 Å². The summed E-state index contributed by atoms with van der Waals surface area (Å²) in [5.74, 6) is 0. The Morgan fingerprint density at radius 2 is 1.55 bits per heavy atom. The maximum absolute atomic E-state index is 4.80. The minimum absolute atomic E-state index is 1.06. The smallest absolute Gasteiger partial charge is 0.0950 e. The van der Waals surface area contributed by atoms with Crippen molar-refractivity contribution >= 4 is 23.1 Å². The van der Waals surface area contributed by atoms with Crippen LogP contribution in [0.25, 0.3) is 23.1 Å². The highest BCUT2D eigenvalue weighted by Crippen LogP contribution is 2.22. The van der Waals surface area contributed by atoms with Crippen LogP contribution in [0.1, 0.15) is 24.1 Å². The fourth-order valence-electron chi connectivity index (χ4n) is 3.04. The highest BCUT2D eigenvalue weighted by molar-refractivity contribution is 5.89. The van der Waals surface area contributed by atoms with E-state index in [-0.39, 0.29) is 0 Å². The summed E-state index contributed by atoms with van der Waals surface area (Å²) in [7, 11) is 0. The van der Waals surface area contributed by atoms with Gasteiger partial charge in [0.2, 0.25) is 0 Å². The average Bonchev–Trinajstić information content (AvgIpc) is 3.21. The van der Waals surface area contributed by atoms with Gasteiger partial charge in [-0.05, 0) is 30.5 Å². The second kappa shape index (κ2) is 5.68. The van der Waals surface area contributed by atoms with Crippen molar-refractivity contribution in [3.63, 3.8) is 0 Å². The molecule has 1 fully saturated rings. The number of hydrogen-bond donors (Lipinski definition) is 0. The van der Waals surface area contributed by atoms with Crippen molar-refractivity contribution in [2.45, 2.75) is 12.8 Å².